The molecular formula is C11H16ClN7O. The average Bonchev–Trinajstić information content (AvgIpc) is 2.92. The summed E-state index contributed by atoms with van der Waals surface area (Å²) in [5.74, 6) is 0.792. The third-order valence-corrected chi connectivity index (χ3v) is 3.01. The zero-order valence-corrected chi connectivity index (χ0v) is 12.2. The summed E-state index contributed by atoms with van der Waals surface area (Å²) in [5.41, 5.74) is 0.139. The molecule has 0 bridgehead atoms. The van der Waals surface area contributed by atoms with E-state index in [1.54, 1.807) is 0 Å². The molecule has 2 aromatic heterocycles. The number of nitrogens with one attached hydrogen (secondary N) is 2. The Labute approximate surface area is 120 Å². The Morgan fingerprint density at radius 3 is 2.80 bits per heavy atom. The third kappa shape index (κ3) is 3.13. The van der Waals surface area contributed by atoms with Gasteiger partial charge in [0.2, 0.25) is 0 Å². The number of tetrazole rings is 1. The second-order valence-corrected chi connectivity index (χ2v) is 5.27. The fraction of sp³-hybridized carbons (Fsp3) is 0.545. The summed E-state index contributed by atoms with van der Waals surface area (Å²) in [5, 5.41) is 20.8. The van der Waals surface area contributed by atoms with E-state index in [0.29, 0.717) is 24.0 Å². The van der Waals surface area contributed by atoms with E-state index in [9.17, 15) is 4.79 Å². The summed E-state index contributed by atoms with van der Waals surface area (Å²) < 4.78 is 1.36. The van der Waals surface area contributed by atoms with Crippen LogP contribution in [0.2, 0.25) is 5.02 Å². The van der Waals surface area contributed by atoms with Gasteiger partial charge < -0.3 is 5.32 Å². The lowest BCUT2D eigenvalue weighted by atomic mass is 10.2. The standard InChI is InChI=1S/C11H16ClN7O/c1-6(2)5-19-11(20)9(12)8(4-13-19)14-7(3)10-15-17-18-16-10/h4,6-7,14H,5H2,1-3H3,(H,15,16,17,18). The van der Waals surface area contributed by atoms with Gasteiger partial charge in [-0.2, -0.15) is 10.3 Å². The molecule has 1 atom stereocenters. The minimum absolute atomic E-state index is 0.107. The molecule has 0 aliphatic heterocycles. The van der Waals surface area contributed by atoms with Crippen molar-refractivity contribution in [2.45, 2.75) is 33.4 Å². The van der Waals surface area contributed by atoms with Crippen molar-refractivity contribution in [2.75, 3.05) is 5.32 Å². The minimum atomic E-state index is -0.314. The highest BCUT2D eigenvalue weighted by molar-refractivity contribution is 6.32. The Morgan fingerprint density at radius 2 is 2.20 bits per heavy atom. The van der Waals surface area contributed by atoms with Gasteiger partial charge >= 0.3 is 0 Å². The van der Waals surface area contributed by atoms with E-state index in [2.05, 4.69) is 31.0 Å². The highest BCUT2D eigenvalue weighted by Crippen LogP contribution is 2.20. The molecule has 0 aromatic carbocycles. The smallest absolute Gasteiger partial charge is 0.287 e. The highest BCUT2D eigenvalue weighted by Gasteiger charge is 2.15. The van der Waals surface area contributed by atoms with Crippen LogP contribution in [0.4, 0.5) is 5.69 Å². The molecule has 0 amide bonds. The molecule has 1 unspecified atom stereocenters. The number of rotatable bonds is 5. The van der Waals surface area contributed by atoms with Crippen molar-refractivity contribution in [2.24, 2.45) is 5.92 Å². The molecule has 108 valence electrons. The quantitative estimate of drug-likeness (QED) is 0.861. The average molecular weight is 298 g/mol. The molecule has 0 saturated carbocycles. The van der Waals surface area contributed by atoms with Crippen molar-refractivity contribution in [1.82, 2.24) is 30.4 Å². The number of halogens is 1. The van der Waals surface area contributed by atoms with Gasteiger partial charge in [0.05, 0.1) is 17.9 Å². The van der Waals surface area contributed by atoms with Crippen molar-refractivity contribution in [1.29, 1.82) is 0 Å². The molecule has 2 heterocycles. The lowest BCUT2D eigenvalue weighted by Crippen LogP contribution is -2.26. The Bertz CT molecular complexity index is 622. The lowest BCUT2D eigenvalue weighted by Gasteiger charge is -2.14. The molecule has 0 fully saturated rings. The van der Waals surface area contributed by atoms with Crippen LogP contribution < -0.4 is 10.9 Å². The monoisotopic (exact) mass is 297 g/mol. The second kappa shape index (κ2) is 6.00. The zero-order valence-electron chi connectivity index (χ0n) is 11.5. The van der Waals surface area contributed by atoms with Gasteiger partial charge in [-0.3, -0.25) is 4.79 Å². The number of H-pyrrole nitrogens is 1. The van der Waals surface area contributed by atoms with Gasteiger partial charge in [-0.25, -0.2) is 4.68 Å². The molecule has 2 N–H and O–H groups in total. The topological polar surface area (TPSA) is 101 Å². The predicted octanol–water partition coefficient (Wildman–Crippen LogP) is 1.24. The summed E-state index contributed by atoms with van der Waals surface area (Å²) >= 11 is 6.09. The van der Waals surface area contributed by atoms with Crippen LogP contribution >= 0.6 is 11.6 Å². The summed E-state index contributed by atoms with van der Waals surface area (Å²) in [7, 11) is 0. The fourth-order valence-electron chi connectivity index (χ4n) is 1.69. The molecule has 0 aliphatic carbocycles. The molecule has 20 heavy (non-hydrogen) atoms. The van der Waals surface area contributed by atoms with Gasteiger partial charge in [0, 0.05) is 6.54 Å². The van der Waals surface area contributed by atoms with Crippen LogP contribution in [0, 0.1) is 5.92 Å². The minimum Gasteiger partial charge on any atom is -0.373 e. The Kier molecular flexibility index (Phi) is 4.33. The van der Waals surface area contributed by atoms with E-state index in [0.717, 1.165) is 0 Å². The van der Waals surface area contributed by atoms with E-state index in [-0.39, 0.29) is 16.6 Å². The van der Waals surface area contributed by atoms with Crippen LogP contribution in [0.1, 0.15) is 32.6 Å². The largest absolute Gasteiger partial charge is 0.373 e. The summed E-state index contributed by atoms with van der Waals surface area (Å²) in [4.78, 5) is 12.1. The van der Waals surface area contributed by atoms with Gasteiger partial charge in [-0.15, -0.1) is 10.2 Å². The Hall–Kier alpha value is -1.96. The van der Waals surface area contributed by atoms with Crippen molar-refractivity contribution < 1.29 is 0 Å². The maximum atomic E-state index is 12.1. The Morgan fingerprint density at radius 1 is 1.45 bits per heavy atom. The molecule has 0 radical (unpaired) electrons. The van der Waals surface area contributed by atoms with E-state index < -0.39 is 0 Å². The van der Waals surface area contributed by atoms with Crippen LogP contribution in [-0.4, -0.2) is 30.4 Å². The number of hydrogen-bond donors (Lipinski definition) is 2. The van der Waals surface area contributed by atoms with Gasteiger partial charge in [0.15, 0.2) is 5.82 Å². The third-order valence-electron chi connectivity index (χ3n) is 2.64. The van der Waals surface area contributed by atoms with E-state index in [4.69, 9.17) is 11.6 Å². The summed E-state index contributed by atoms with van der Waals surface area (Å²) in [6.45, 7) is 6.37. The molecule has 8 nitrogen and oxygen atoms in total. The van der Waals surface area contributed by atoms with Crippen LogP contribution in [0.5, 0.6) is 0 Å². The molecule has 0 spiro atoms. The normalized spacial score (nSPS) is 12.7. The molecule has 2 aromatic rings. The zero-order chi connectivity index (χ0) is 14.7. The molecule has 0 aliphatic rings. The van der Waals surface area contributed by atoms with Gasteiger partial charge in [-0.05, 0) is 12.8 Å². The lowest BCUT2D eigenvalue weighted by molar-refractivity contribution is 0.464. The molecule has 9 heteroatoms. The van der Waals surface area contributed by atoms with Crippen molar-refractivity contribution in [3.8, 4) is 0 Å². The van der Waals surface area contributed by atoms with Gasteiger partial charge in [-0.1, -0.05) is 30.7 Å². The first-order valence-electron chi connectivity index (χ1n) is 6.24. The van der Waals surface area contributed by atoms with Crippen molar-refractivity contribution >= 4 is 17.3 Å². The van der Waals surface area contributed by atoms with Crippen LogP contribution in [0.3, 0.4) is 0 Å². The first-order valence-corrected chi connectivity index (χ1v) is 6.62. The van der Waals surface area contributed by atoms with Crippen LogP contribution in [-0.2, 0) is 6.54 Å². The molecule has 0 saturated heterocycles. The first kappa shape index (κ1) is 14.4. The Balaban J connectivity index is 2.21. The predicted molar refractivity (Wildman–Crippen MR) is 74.6 cm³/mol. The van der Waals surface area contributed by atoms with Crippen LogP contribution in [0.15, 0.2) is 11.0 Å². The number of aromatic amines is 1. The highest BCUT2D eigenvalue weighted by atomic mass is 35.5. The van der Waals surface area contributed by atoms with E-state index in [1.165, 1.54) is 10.9 Å². The number of nitrogens with zero attached hydrogens (tertiary/aromatic N) is 5. The first-order chi connectivity index (χ1) is 9.49. The molecule has 2 rings (SSSR count). The summed E-state index contributed by atoms with van der Waals surface area (Å²) in [6, 6.07) is -0.242. The maximum absolute atomic E-state index is 12.1. The van der Waals surface area contributed by atoms with Crippen LogP contribution in [0.25, 0.3) is 0 Å². The van der Waals surface area contributed by atoms with Crippen molar-refractivity contribution in [3.63, 3.8) is 0 Å². The van der Waals surface area contributed by atoms with E-state index in [1.807, 2.05) is 20.8 Å². The summed E-state index contributed by atoms with van der Waals surface area (Å²) in [6.07, 6.45) is 1.53. The van der Waals surface area contributed by atoms with Gasteiger partial charge in [0.25, 0.3) is 5.56 Å². The number of hydrogen-bond acceptors (Lipinski definition) is 6. The number of anilines is 1. The van der Waals surface area contributed by atoms with Crippen molar-refractivity contribution in [3.05, 3.63) is 27.4 Å². The number of aromatic nitrogens is 6. The second-order valence-electron chi connectivity index (χ2n) is 4.89. The maximum Gasteiger partial charge on any atom is 0.287 e. The van der Waals surface area contributed by atoms with Gasteiger partial charge in [0.1, 0.15) is 5.02 Å². The molecular weight excluding hydrogens is 282 g/mol. The SMILES string of the molecule is CC(C)Cn1ncc(NC(C)c2nn[nH]n2)c(Cl)c1=O. The van der Waals surface area contributed by atoms with E-state index >= 15 is 0 Å². The fourth-order valence-corrected chi connectivity index (χ4v) is 1.89.